The molecule has 0 aliphatic heterocycles. The van der Waals surface area contributed by atoms with Crippen molar-refractivity contribution in [3.63, 3.8) is 0 Å². The van der Waals surface area contributed by atoms with E-state index >= 15 is 0 Å². The molecule has 0 aliphatic rings. The predicted octanol–water partition coefficient (Wildman–Crippen LogP) is 5.77. The molecule has 0 saturated carbocycles. The van der Waals surface area contributed by atoms with Gasteiger partial charge >= 0.3 is 0 Å². The average molecular weight is 509 g/mol. The van der Waals surface area contributed by atoms with E-state index in [1.54, 1.807) is 18.5 Å². The Hall–Kier alpha value is -3.87. The minimum Gasteiger partial charge on any atom is -0.341 e. The molecule has 0 saturated heterocycles. The summed E-state index contributed by atoms with van der Waals surface area (Å²) in [6.07, 6.45) is 12.4. The minimum absolute atomic E-state index is 0.222. The molecule has 2 aromatic heterocycles. The Balaban J connectivity index is 0.00000186. The van der Waals surface area contributed by atoms with E-state index < -0.39 is 12.5 Å². The monoisotopic (exact) mass is 508 g/mol. The van der Waals surface area contributed by atoms with Gasteiger partial charge in [-0.1, -0.05) is 37.3 Å². The lowest BCUT2D eigenvalue weighted by molar-refractivity contribution is 0.0223. The topological polar surface area (TPSA) is 81.4 Å². The van der Waals surface area contributed by atoms with Crippen LogP contribution in [0.1, 0.15) is 31.9 Å². The van der Waals surface area contributed by atoms with Gasteiger partial charge in [0.05, 0.1) is 43.4 Å². The van der Waals surface area contributed by atoms with Crippen molar-refractivity contribution in [1.29, 1.82) is 0 Å². The molecule has 4 rings (SSSR count). The van der Waals surface area contributed by atoms with Gasteiger partial charge in [-0.2, -0.15) is 0 Å². The molecule has 0 aliphatic carbocycles. The fourth-order valence-electron chi connectivity index (χ4n) is 3.73. The van der Waals surface area contributed by atoms with Crippen LogP contribution < -0.4 is 10.6 Å². The number of halogens is 3. The number of rotatable bonds is 11. The smallest absolute Gasteiger partial charge is 0.257 e. The van der Waals surface area contributed by atoms with Crippen LogP contribution in [0.5, 0.6) is 0 Å². The van der Waals surface area contributed by atoms with Crippen LogP contribution in [0, 0.1) is 18.7 Å². The molecular weight excluding hydrogens is 477 g/mol. The third-order valence-electron chi connectivity index (χ3n) is 5.49. The Labute approximate surface area is 215 Å². The summed E-state index contributed by atoms with van der Waals surface area (Å²) >= 11 is 0. The van der Waals surface area contributed by atoms with Gasteiger partial charge in [-0.25, -0.2) is 23.1 Å². The summed E-state index contributed by atoms with van der Waals surface area (Å²) in [5.41, 5.74) is 4.43. The standard InChI is InChI=1S/C26H29F3N6.C2H2/c1-3-10-30-14-24-33-13-23(35-24)20-9-8-19(11-21(20)27)17-4-6-18(7-5-17)22-12-32-25(34-22)15-31-16-26(2,28)29;1-2/h4-9,11-13,30-31H,3,10,14-16H2,1-2H3,(H,32,34)(H,33,35);1-2H. The van der Waals surface area contributed by atoms with Crippen LogP contribution in [0.25, 0.3) is 33.6 Å². The van der Waals surface area contributed by atoms with Gasteiger partial charge in [0, 0.05) is 12.5 Å². The molecular formula is C28H31F3N6. The zero-order valence-electron chi connectivity index (χ0n) is 20.9. The number of hydrogen-bond acceptors (Lipinski definition) is 4. The van der Waals surface area contributed by atoms with Crippen molar-refractivity contribution in [3.05, 3.63) is 72.3 Å². The van der Waals surface area contributed by atoms with Crippen LogP contribution >= 0.6 is 0 Å². The lowest BCUT2D eigenvalue weighted by Gasteiger charge is -2.10. The zero-order chi connectivity index (χ0) is 26.8. The fraction of sp³-hybridized carbons (Fsp3) is 0.286. The summed E-state index contributed by atoms with van der Waals surface area (Å²) in [6.45, 7) is 4.29. The number of alkyl halides is 2. The third-order valence-corrected chi connectivity index (χ3v) is 5.49. The highest BCUT2D eigenvalue weighted by Gasteiger charge is 2.20. The van der Waals surface area contributed by atoms with Gasteiger partial charge in [0.25, 0.3) is 5.92 Å². The number of nitrogens with zero attached hydrogens (tertiary/aromatic N) is 2. The second-order valence-corrected chi connectivity index (χ2v) is 8.61. The van der Waals surface area contributed by atoms with E-state index in [4.69, 9.17) is 0 Å². The summed E-state index contributed by atoms with van der Waals surface area (Å²) in [4.78, 5) is 14.9. The summed E-state index contributed by atoms with van der Waals surface area (Å²) < 4.78 is 40.8. The van der Waals surface area contributed by atoms with Gasteiger partial charge in [0.2, 0.25) is 0 Å². The highest BCUT2D eigenvalue weighted by atomic mass is 19.3. The molecule has 194 valence electrons. The van der Waals surface area contributed by atoms with Crippen LogP contribution in [-0.4, -0.2) is 38.9 Å². The summed E-state index contributed by atoms with van der Waals surface area (Å²) in [7, 11) is 0. The number of nitrogens with one attached hydrogen (secondary N) is 4. The highest BCUT2D eigenvalue weighted by molar-refractivity contribution is 5.71. The average Bonchev–Trinajstić information content (AvgIpc) is 3.55. The van der Waals surface area contributed by atoms with E-state index in [0.29, 0.717) is 23.6 Å². The van der Waals surface area contributed by atoms with E-state index in [2.05, 4.69) is 50.3 Å². The number of aromatic amines is 2. The van der Waals surface area contributed by atoms with Crippen molar-refractivity contribution in [2.45, 2.75) is 39.3 Å². The molecule has 0 spiro atoms. The maximum Gasteiger partial charge on any atom is 0.257 e. The van der Waals surface area contributed by atoms with Crippen molar-refractivity contribution in [1.82, 2.24) is 30.6 Å². The molecule has 0 radical (unpaired) electrons. The summed E-state index contributed by atoms with van der Waals surface area (Å²) in [5, 5.41) is 5.95. The predicted molar refractivity (Wildman–Crippen MR) is 141 cm³/mol. The molecule has 4 aromatic rings. The molecule has 6 nitrogen and oxygen atoms in total. The summed E-state index contributed by atoms with van der Waals surface area (Å²) in [6, 6.07) is 12.8. The molecule has 4 N–H and O–H groups in total. The van der Waals surface area contributed by atoms with Crippen molar-refractivity contribution in [3.8, 4) is 46.5 Å². The Kier molecular flexibility index (Phi) is 9.66. The van der Waals surface area contributed by atoms with Gasteiger partial charge in [0.1, 0.15) is 17.5 Å². The van der Waals surface area contributed by atoms with Crippen molar-refractivity contribution < 1.29 is 13.2 Å². The van der Waals surface area contributed by atoms with E-state index in [0.717, 1.165) is 48.1 Å². The van der Waals surface area contributed by atoms with Crippen LogP contribution in [0.2, 0.25) is 0 Å². The molecule has 0 fully saturated rings. The zero-order valence-corrected chi connectivity index (χ0v) is 20.9. The number of terminal acetylenes is 1. The van der Waals surface area contributed by atoms with E-state index in [1.165, 1.54) is 6.07 Å². The van der Waals surface area contributed by atoms with Gasteiger partial charge in [-0.15, -0.1) is 12.8 Å². The first-order valence-corrected chi connectivity index (χ1v) is 11.9. The Morgan fingerprint density at radius 1 is 0.838 bits per heavy atom. The van der Waals surface area contributed by atoms with Gasteiger partial charge < -0.3 is 20.6 Å². The first-order chi connectivity index (χ1) is 17.8. The maximum atomic E-state index is 14.9. The van der Waals surface area contributed by atoms with Crippen molar-refractivity contribution in [2.75, 3.05) is 13.1 Å². The number of imidazole rings is 2. The Morgan fingerprint density at radius 2 is 1.41 bits per heavy atom. The van der Waals surface area contributed by atoms with Crippen LogP contribution in [0.4, 0.5) is 13.2 Å². The second kappa shape index (κ2) is 12.9. The lowest BCUT2D eigenvalue weighted by atomic mass is 10.0. The van der Waals surface area contributed by atoms with Crippen molar-refractivity contribution in [2.24, 2.45) is 0 Å². The number of aromatic nitrogens is 4. The molecule has 0 amide bonds. The highest BCUT2D eigenvalue weighted by Crippen LogP contribution is 2.29. The molecule has 37 heavy (non-hydrogen) atoms. The van der Waals surface area contributed by atoms with Crippen LogP contribution in [0.3, 0.4) is 0 Å². The van der Waals surface area contributed by atoms with Crippen LogP contribution in [-0.2, 0) is 13.1 Å². The van der Waals surface area contributed by atoms with E-state index in [1.807, 2.05) is 30.3 Å². The molecule has 0 bridgehead atoms. The number of benzene rings is 2. The van der Waals surface area contributed by atoms with Gasteiger partial charge in [-0.3, -0.25) is 0 Å². The van der Waals surface area contributed by atoms with Gasteiger partial charge in [0.15, 0.2) is 0 Å². The van der Waals surface area contributed by atoms with Crippen molar-refractivity contribution >= 4 is 0 Å². The Bertz CT molecular complexity index is 1290. The normalized spacial score (nSPS) is 11.2. The Morgan fingerprint density at radius 3 is 2.03 bits per heavy atom. The third kappa shape index (κ3) is 7.81. The lowest BCUT2D eigenvalue weighted by Crippen LogP contribution is -2.29. The van der Waals surface area contributed by atoms with Gasteiger partial charge in [-0.05, 0) is 41.8 Å². The molecule has 0 atom stereocenters. The minimum atomic E-state index is -2.77. The van der Waals surface area contributed by atoms with E-state index in [9.17, 15) is 13.2 Å². The SMILES string of the molecule is C#C.CCCNCc1ncc(-c2ccc(-c3ccc(-c4cnc(CNCC(C)(F)F)[nH]4)cc3)cc2F)[nH]1. The quantitative estimate of drug-likeness (QED) is 0.153. The number of hydrogen-bond donors (Lipinski definition) is 4. The first-order valence-electron chi connectivity index (χ1n) is 11.9. The fourth-order valence-corrected chi connectivity index (χ4v) is 3.73. The van der Waals surface area contributed by atoms with E-state index in [-0.39, 0.29) is 12.4 Å². The second-order valence-electron chi connectivity index (χ2n) is 8.61. The largest absolute Gasteiger partial charge is 0.341 e. The maximum absolute atomic E-state index is 14.9. The van der Waals surface area contributed by atoms with Crippen LogP contribution in [0.15, 0.2) is 54.9 Å². The molecule has 2 heterocycles. The number of H-pyrrole nitrogens is 2. The summed E-state index contributed by atoms with van der Waals surface area (Å²) in [5.74, 6) is -1.75. The first kappa shape index (κ1) is 27.7. The molecule has 9 heteroatoms. The molecule has 0 unspecified atom stereocenters. The molecule has 2 aromatic carbocycles.